The molecule has 0 radical (unpaired) electrons. The molecule has 7 nitrogen and oxygen atoms in total. The van der Waals surface area contributed by atoms with E-state index in [0.29, 0.717) is 12.1 Å². The van der Waals surface area contributed by atoms with Crippen molar-refractivity contribution in [1.29, 1.82) is 0 Å². The van der Waals surface area contributed by atoms with Crippen LogP contribution in [0.3, 0.4) is 0 Å². The minimum absolute atomic E-state index is 0.109. The van der Waals surface area contributed by atoms with Crippen molar-refractivity contribution in [3.05, 3.63) is 45.6 Å². The highest BCUT2D eigenvalue weighted by Crippen LogP contribution is 2.33. The summed E-state index contributed by atoms with van der Waals surface area (Å²) >= 11 is 0. The largest absolute Gasteiger partial charge is 0.312 e. The molecule has 0 spiro atoms. The fourth-order valence-electron chi connectivity index (χ4n) is 2.95. The van der Waals surface area contributed by atoms with Crippen molar-refractivity contribution in [2.24, 2.45) is 0 Å². The van der Waals surface area contributed by atoms with Gasteiger partial charge in [0.25, 0.3) is 5.69 Å². The Bertz CT molecular complexity index is 723. The lowest BCUT2D eigenvalue weighted by Crippen LogP contribution is -2.26. The van der Waals surface area contributed by atoms with Crippen molar-refractivity contribution in [2.75, 3.05) is 27.2 Å². The monoisotopic (exact) mass is 315 g/mol. The van der Waals surface area contributed by atoms with Crippen molar-refractivity contribution in [3.8, 4) is 11.3 Å². The van der Waals surface area contributed by atoms with Crippen LogP contribution in [-0.2, 0) is 19.5 Å². The molecular weight excluding hydrogens is 294 g/mol. The highest BCUT2D eigenvalue weighted by molar-refractivity contribution is 5.73. The maximum Gasteiger partial charge on any atom is 0.278 e. The summed E-state index contributed by atoms with van der Waals surface area (Å²) in [5.74, 6) is 0. The molecule has 122 valence electrons. The number of fused-ring (bicyclic) bond motifs is 1. The van der Waals surface area contributed by atoms with E-state index in [1.165, 1.54) is 11.8 Å². The minimum atomic E-state index is -0.336. The Morgan fingerprint density at radius 1 is 1.39 bits per heavy atom. The average Bonchev–Trinajstić information content (AvgIpc) is 2.91. The molecule has 2 aromatic rings. The highest BCUT2D eigenvalue weighted by atomic mass is 16.6. The molecule has 1 aromatic heterocycles. The predicted octanol–water partition coefficient (Wildman–Crippen LogP) is 1.67. The zero-order valence-electron chi connectivity index (χ0n) is 13.5. The summed E-state index contributed by atoms with van der Waals surface area (Å²) in [5.41, 5.74) is 3.72. The molecule has 7 heteroatoms. The van der Waals surface area contributed by atoms with Gasteiger partial charge in [-0.2, -0.15) is 5.10 Å². The Kier molecular flexibility index (Phi) is 4.40. The van der Waals surface area contributed by atoms with E-state index in [-0.39, 0.29) is 10.6 Å². The SMILES string of the molecule is CN(C)CCn1nc(-c2ccccc2[N+](=O)[O-])c2c1CCNC2. The summed E-state index contributed by atoms with van der Waals surface area (Å²) < 4.78 is 2.02. The van der Waals surface area contributed by atoms with E-state index in [4.69, 9.17) is 5.10 Å². The number of rotatable bonds is 5. The maximum absolute atomic E-state index is 11.3. The molecule has 23 heavy (non-hydrogen) atoms. The summed E-state index contributed by atoms with van der Waals surface area (Å²) in [7, 11) is 4.06. The zero-order valence-corrected chi connectivity index (χ0v) is 13.5. The van der Waals surface area contributed by atoms with E-state index < -0.39 is 0 Å². The first-order chi connectivity index (χ1) is 11.1. The molecule has 0 saturated heterocycles. The Labute approximate surface area is 135 Å². The first-order valence-corrected chi connectivity index (χ1v) is 7.75. The predicted molar refractivity (Wildman–Crippen MR) is 88.3 cm³/mol. The number of hydrogen-bond donors (Lipinski definition) is 1. The van der Waals surface area contributed by atoms with Crippen LogP contribution in [0.25, 0.3) is 11.3 Å². The summed E-state index contributed by atoms with van der Waals surface area (Å²) in [6.07, 6.45) is 0.899. The van der Waals surface area contributed by atoms with Crippen molar-refractivity contribution in [3.63, 3.8) is 0 Å². The summed E-state index contributed by atoms with van der Waals surface area (Å²) in [6, 6.07) is 6.83. The van der Waals surface area contributed by atoms with Crippen LogP contribution < -0.4 is 5.32 Å². The molecule has 0 amide bonds. The number of nitro groups is 1. The van der Waals surface area contributed by atoms with Crippen LogP contribution in [0.2, 0.25) is 0 Å². The number of nitrogens with one attached hydrogen (secondary N) is 1. The molecule has 0 unspecified atom stereocenters. The second kappa shape index (κ2) is 6.47. The third-order valence-corrected chi connectivity index (χ3v) is 4.12. The first kappa shape index (κ1) is 15.6. The Balaban J connectivity index is 2.08. The van der Waals surface area contributed by atoms with Crippen LogP contribution in [0.4, 0.5) is 5.69 Å². The van der Waals surface area contributed by atoms with Crippen LogP contribution >= 0.6 is 0 Å². The van der Waals surface area contributed by atoms with Gasteiger partial charge in [-0.05, 0) is 20.2 Å². The highest BCUT2D eigenvalue weighted by Gasteiger charge is 2.25. The van der Waals surface area contributed by atoms with Gasteiger partial charge >= 0.3 is 0 Å². The van der Waals surface area contributed by atoms with Gasteiger partial charge in [0.05, 0.1) is 17.0 Å². The van der Waals surface area contributed by atoms with Crippen molar-refractivity contribution >= 4 is 5.69 Å². The van der Waals surface area contributed by atoms with Crippen LogP contribution in [-0.4, -0.2) is 46.8 Å². The van der Waals surface area contributed by atoms with E-state index in [1.807, 2.05) is 24.8 Å². The number of likely N-dealkylation sites (N-methyl/N-ethyl adjacent to an activating group) is 1. The van der Waals surface area contributed by atoms with Crippen LogP contribution in [0, 0.1) is 10.1 Å². The normalized spacial score (nSPS) is 14.0. The van der Waals surface area contributed by atoms with Gasteiger partial charge in [0.2, 0.25) is 0 Å². The van der Waals surface area contributed by atoms with Crippen LogP contribution in [0.5, 0.6) is 0 Å². The fourth-order valence-corrected chi connectivity index (χ4v) is 2.95. The lowest BCUT2D eigenvalue weighted by Gasteiger charge is -2.16. The quantitative estimate of drug-likeness (QED) is 0.671. The second-order valence-electron chi connectivity index (χ2n) is 6.00. The molecular formula is C16H21N5O2. The third kappa shape index (κ3) is 3.11. The first-order valence-electron chi connectivity index (χ1n) is 7.75. The van der Waals surface area contributed by atoms with Crippen molar-refractivity contribution in [2.45, 2.75) is 19.5 Å². The summed E-state index contributed by atoms with van der Waals surface area (Å²) in [4.78, 5) is 13.1. The van der Waals surface area contributed by atoms with Gasteiger partial charge in [0.15, 0.2) is 0 Å². The van der Waals surface area contributed by atoms with Gasteiger partial charge in [-0.1, -0.05) is 12.1 Å². The smallest absolute Gasteiger partial charge is 0.278 e. The van der Waals surface area contributed by atoms with E-state index in [0.717, 1.165) is 37.3 Å². The van der Waals surface area contributed by atoms with Crippen LogP contribution in [0.1, 0.15) is 11.3 Å². The van der Waals surface area contributed by atoms with Gasteiger partial charge in [-0.15, -0.1) is 0 Å². The second-order valence-corrected chi connectivity index (χ2v) is 6.00. The number of hydrogen-bond acceptors (Lipinski definition) is 5. The number of aromatic nitrogens is 2. The molecule has 0 aliphatic carbocycles. The lowest BCUT2D eigenvalue weighted by atomic mass is 10.0. The van der Waals surface area contributed by atoms with Gasteiger partial charge in [0.1, 0.15) is 5.69 Å². The standard InChI is InChI=1S/C16H21N5O2/c1-19(2)9-10-20-14-7-8-17-11-13(14)16(18-20)12-5-3-4-6-15(12)21(22)23/h3-6,17H,7-11H2,1-2H3. The van der Waals surface area contributed by atoms with Crippen molar-refractivity contribution in [1.82, 2.24) is 20.0 Å². The molecule has 0 fully saturated rings. The summed E-state index contributed by atoms with van der Waals surface area (Å²) in [6.45, 7) is 3.30. The fraction of sp³-hybridized carbons (Fsp3) is 0.438. The molecule has 0 saturated carbocycles. The van der Waals surface area contributed by atoms with Gasteiger partial charge in [0, 0.05) is 43.4 Å². The lowest BCUT2D eigenvalue weighted by molar-refractivity contribution is -0.384. The van der Waals surface area contributed by atoms with E-state index in [9.17, 15) is 10.1 Å². The average molecular weight is 315 g/mol. The molecule has 1 N–H and O–H groups in total. The van der Waals surface area contributed by atoms with Crippen molar-refractivity contribution < 1.29 is 4.92 Å². The number of nitro benzene ring substituents is 1. The topological polar surface area (TPSA) is 76.2 Å². The Morgan fingerprint density at radius 2 is 2.17 bits per heavy atom. The molecule has 0 bridgehead atoms. The van der Waals surface area contributed by atoms with Crippen LogP contribution in [0.15, 0.2) is 24.3 Å². The minimum Gasteiger partial charge on any atom is -0.312 e. The number of nitrogens with zero attached hydrogens (tertiary/aromatic N) is 4. The summed E-state index contributed by atoms with van der Waals surface area (Å²) in [5, 5.41) is 19.4. The molecule has 1 aliphatic rings. The van der Waals surface area contributed by atoms with E-state index >= 15 is 0 Å². The maximum atomic E-state index is 11.3. The zero-order chi connectivity index (χ0) is 16.4. The molecule has 1 aromatic carbocycles. The molecule has 1 aliphatic heterocycles. The molecule has 2 heterocycles. The van der Waals surface area contributed by atoms with E-state index in [2.05, 4.69) is 10.2 Å². The van der Waals surface area contributed by atoms with Gasteiger partial charge in [-0.25, -0.2) is 0 Å². The van der Waals surface area contributed by atoms with Gasteiger partial charge in [-0.3, -0.25) is 14.8 Å². The molecule has 0 atom stereocenters. The molecule has 3 rings (SSSR count). The third-order valence-electron chi connectivity index (χ3n) is 4.12. The Morgan fingerprint density at radius 3 is 2.91 bits per heavy atom. The Hall–Kier alpha value is -2.25. The number of para-hydroxylation sites is 1. The van der Waals surface area contributed by atoms with Gasteiger partial charge < -0.3 is 10.2 Å². The number of benzene rings is 1. The van der Waals surface area contributed by atoms with E-state index in [1.54, 1.807) is 12.1 Å².